The molecule has 0 aliphatic carbocycles. The number of nitrogens with two attached hydrogens (primary N) is 1. The van der Waals surface area contributed by atoms with Crippen LogP contribution in [-0.2, 0) is 21.2 Å². The molecule has 0 bridgehead atoms. The number of anilines is 1. The highest BCUT2D eigenvalue weighted by Crippen LogP contribution is 2.43. The van der Waals surface area contributed by atoms with E-state index in [1.807, 2.05) is 48.7 Å². The predicted molar refractivity (Wildman–Crippen MR) is 166 cm³/mol. The SMILES string of the molecule is CC(C)n1c(CC[C@@H](O)C[C@@H](O)CC(=O)[O-])c(-c2ccc(F)cc2)c(-c2ccccc2)c1C(=O)Nc1ccc(S(N)(=O)=O)cc1. The number of sulfonamides is 1. The Balaban J connectivity index is 1.88. The minimum absolute atomic E-state index is 0.111. The number of aliphatic carboxylic acids is 1. The van der Waals surface area contributed by atoms with E-state index in [0.717, 1.165) is 0 Å². The van der Waals surface area contributed by atoms with Gasteiger partial charge in [-0.1, -0.05) is 42.5 Å². The number of hydrogen-bond acceptors (Lipinski definition) is 7. The summed E-state index contributed by atoms with van der Waals surface area (Å²) in [6, 6.07) is 20.2. The number of amides is 1. The number of nitrogens with one attached hydrogen (secondary N) is 1. The van der Waals surface area contributed by atoms with Crippen molar-refractivity contribution in [2.75, 3.05) is 5.32 Å². The van der Waals surface area contributed by atoms with Crippen LogP contribution in [0, 0.1) is 5.82 Å². The number of halogens is 1. The van der Waals surface area contributed by atoms with E-state index in [1.54, 1.807) is 12.1 Å². The van der Waals surface area contributed by atoms with E-state index >= 15 is 0 Å². The molecule has 1 aromatic heterocycles. The second kappa shape index (κ2) is 14.2. The number of aromatic nitrogens is 1. The maximum absolute atomic E-state index is 14.2. The molecular formula is C33H35FN3O7S-. The van der Waals surface area contributed by atoms with Gasteiger partial charge < -0.3 is 30.0 Å². The number of nitrogens with zero attached hydrogens (tertiary/aromatic N) is 1. The van der Waals surface area contributed by atoms with Crippen molar-refractivity contribution in [3.05, 3.63) is 96.1 Å². The number of aliphatic hydroxyl groups excluding tert-OH is 2. The zero-order valence-electron chi connectivity index (χ0n) is 24.8. The molecule has 0 fully saturated rings. The van der Waals surface area contributed by atoms with Crippen LogP contribution >= 0.6 is 0 Å². The van der Waals surface area contributed by atoms with Crippen LogP contribution in [0.3, 0.4) is 0 Å². The maximum Gasteiger partial charge on any atom is 0.272 e. The van der Waals surface area contributed by atoms with Crippen molar-refractivity contribution < 1.29 is 37.7 Å². The summed E-state index contributed by atoms with van der Waals surface area (Å²) in [5, 5.41) is 39.7. The zero-order chi connectivity index (χ0) is 32.9. The zero-order valence-corrected chi connectivity index (χ0v) is 25.6. The fourth-order valence-electron chi connectivity index (χ4n) is 5.42. The van der Waals surface area contributed by atoms with E-state index < -0.39 is 46.3 Å². The fourth-order valence-corrected chi connectivity index (χ4v) is 5.93. The molecule has 0 radical (unpaired) electrons. The van der Waals surface area contributed by atoms with Crippen molar-refractivity contribution in [3.63, 3.8) is 0 Å². The fraction of sp³-hybridized carbons (Fsp3) is 0.273. The summed E-state index contributed by atoms with van der Waals surface area (Å²) < 4.78 is 39.4. The summed E-state index contributed by atoms with van der Waals surface area (Å²) >= 11 is 0. The Morgan fingerprint density at radius 2 is 1.51 bits per heavy atom. The van der Waals surface area contributed by atoms with Crippen LogP contribution < -0.4 is 15.6 Å². The molecule has 0 aliphatic rings. The molecule has 5 N–H and O–H groups in total. The second-order valence-electron chi connectivity index (χ2n) is 11.1. The summed E-state index contributed by atoms with van der Waals surface area (Å²) in [6.07, 6.45) is -2.80. The van der Waals surface area contributed by atoms with Gasteiger partial charge in [-0.25, -0.2) is 17.9 Å². The van der Waals surface area contributed by atoms with Crippen molar-refractivity contribution in [1.29, 1.82) is 0 Å². The molecule has 0 spiro atoms. The number of primary sulfonamides is 1. The molecule has 2 atom stereocenters. The number of carboxylic acid groups (broad SMARTS) is 1. The van der Waals surface area contributed by atoms with E-state index in [1.165, 1.54) is 36.4 Å². The Morgan fingerprint density at radius 3 is 2.07 bits per heavy atom. The quantitative estimate of drug-likeness (QED) is 0.173. The summed E-state index contributed by atoms with van der Waals surface area (Å²) in [4.78, 5) is 25.0. The molecule has 1 heterocycles. The molecule has 4 rings (SSSR count). The average molecular weight is 637 g/mol. The van der Waals surface area contributed by atoms with Gasteiger partial charge in [0, 0.05) is 40.9 Å². The first-order chi connectivity index (χ1) is 21.3. The van der Waals surface area contributed by atoms with Gasteiger partial charge in [0.25, 0.3) is 5.91 Å². The summed E-state index contributed by atoms with van der Waals surface area (Å²) in [5.41, 5.74) is 3.82. The standard InChI is InChI=1S/C33H36FN3O7S/c1-20(2)37-28(17-14-25(38)18-26(39)19-29(40)41)30(22-8-10-23(34)11-9-22)31(21-6-4-3-5-7-21)32(37)33(42)36-24-12-15-27(16-13-24)45(35,43)44/h3-13,15-16,20,25-26,38-39H,14,17-19H2,1-2H3,(H,36,42)(H,40,41)(H2,35,43,44)/p-1/t25-,26-/m1/s1. The minimum atomic E-state index is -3.94. The number of hydrogen-bond donors (Lipinski definition) is 4. The maximum atomic E-state index is 14.2. The third-order valence-electron chi connectivity index (χ3n) is 7.34. The van der Waals surface area contributed by atoms with Crippen LogP contribution in [0.5, 0.6) is 0 Å². The Morgan fingerprint density at radius 1 is 0.911 bits per heavy atom. The number of aliphatic hydroxyl groups is 2. The third kappa shape index (κ3) is 8.22. The van der Waals surface area contributed by atoms with Gasteiger partial charge in [-0.2, -0.15) is 0 Å². The molecule has 0 saturated carbocycles. The lowest BCUT2D eigenvalue weighted by Crippen LogP contribution is -2.29. The minimum Gasteiger partial charge on any atom is -0.550 e. The smallest absolute Gasteiger partial charge is 0.272 e. The second-order valence-corrected chi connectivity index (χ2v) is 12.6. The lowest BCUT2D eigenvalue weighted by Gasteiger charge is -2.20. The highest BCUT2D eigenvalue weighted by molar-refractivity contribution is 7.89. The van der Waals surface area contributed by atoms with Gasteiger partial charge in [0.05, 0.1) is 17.1 Å². The van der Waals surface area contributed by atoms with Gasteiger partial charge in [0.1, 0.15) is 11.5 Å². The Labute approximate surface area is 261 Å². The van der Waals surface area contributed by atoms with Crippen LogP contribution in [0.4, 0.5) is 10.1 Å². The highest BCUT2D eigenvalue weighted by Gasteiger charge is 2.30. The molecule has 1 amide bonds. The summed E-state index contributed by atoms with van der Waals surface area (Å²) in [7, 11) is -3.94. The van der Waals surface area contributed by atoms with Gasteiger partial charge in [0.15, 0.2) is 0 Å². The first-order valence-electron chi connectivity index (χ1n) is 14.3. The van der Waals surface area contributed by atoms with E-state index in [2.05, 4.69) is 5.32 Å². The molecule has 12 heteroatoms. The molecule has 4 aromatic rings. The molecule has 238 valence electrons. The largest absolute Gasteiger partial charge is 0.550 e. The van der Waals surface area contributed by atoms with Crippen LogP contribution in [0.15, 0.2) is 83.8 Å². The van der Waals surface area contributed by atoms with Crippen molar-refractivity contribution in [2.45, 2.75) is 62.7 Å². The summed E-state index contributed by atoms with van der Waals surface area (Å²) in [6.45, 7) is 3.79. The van der Waals surface area contributed by atoms with E-state index in [4.69, 9.17) is 5.14 Å². The Bertz CT molecular complexity index is 1750. The van der Waals surface area contributed by atoms with Crippen molar-refractivity contribution in [1.82, 2.24) is 4.57 Å². The van der Waals surface area contributed by atoms with Gasteiger partial charge in [-0.05, 0) is 80.6 Å². The number of rotatable bonds is 13. The lowest BCUT2D eigenvalue weighted by molar-refractivity contribution is -0.307. The predicted octanol–water partition coefficient (Wildman–Crippen LogP) is 3.63. The monoisotopic (exact) mass is 636 g/mol. The van der Waals surface area contributed by atoms with Crippen LogP contribution in [0.1, 0.15) is 55.3 Å². The van der Waals surface area contributed by atoms with E-state index in [9.17, 15) is 37.7 Å². The molecule has 0 unspecified atom stereocenters. The average Bonchev–Trinajstić information content (AvgIpc) is 3.32. The topological polar surface area (TPSA) is 175 Å². The Hall–Kier alpha value is -4.36. The van der Waals surface area contributed by atoms with Crippen LogP contribution in [0.25, 0.3) is 22.3 Å². The van der Waals surface area contributed by atoms with Crippen molar-refractivity contribution in [3.8, 4) is 22.3 Å². The normalized spacial score (nSPS) is 13.0. The molecule has 0 aliphatic heterocycles. The first kappa shape index (κ1) is 33.5. The van der Waals surface area contributed by atoms with Crippen molar-refractivity contribution >= 4 is 27.6 Å². The highest BCUT2D eigenvalue weighted by atomic mass is 32.2. The number of carbonyl (C=O) groups is 2. The molecule has 10 nitrogen and oxygen atoms in total. The number of carboxylic acids is 1. The van der Waals surface area contributed by atoms with Crippen LogP contribution in [0.2, 0.25) is 0 Å². The van der Waals surface area contributed by atoms with E-state index in [0.29, 0.717) is 33.6 Å². The molecule has 0 saturated heterocycles. The summed E-state index contributed by atoms with van der Waals surface area (Å²) in [5.74, 6) is -2.36. The molecule has 45 heavy (non-hydrogen) atoms. The Kier molecular flexibility index (Phi) is 10.6. The molecule has 3 aromatic carbocycles. The first-order valence-corrected chi connectivity index (χ1v) is 15.9. The van der Waals surface area contributed by atoms with Gasteiger partial charge in [-0.3, -0.25) is 4.79 Å². The van der Waals surface area contributed by atoms with Gasteiger partial charge in [-0.15, -0.1) is 0 Å². The number of benzene rings is 3. The number of carbonyl (C=O) groups excluding carboxylic acids is 2. The van der Waals surface area contributed by atoms with Gasteiger partial charge >= 0.3 is 0 Å². The third-order valence-corrected chi connectivity index (χ3v) is 8.26. The van der Waals surface area contributed by atoms with E-state index in [-0.39, 0.29) is 35.9 Å². The van der Waals surface area contributed by atoms with Crippen LogP contribution in [-0.4, -0.2) is 47.3 Å². The lowest BCUT2D eigenvalue weighted by atomic mass is 9.92. The van der Waals surface area contributed by atoms with Gasteiger partial charge in [0.2, 0.25) is 10.0 Å². The molecular weight excluding hydrogens is 601 g/mol. The van der Waals surface area contributed by atoms with Crippen molar-refractivity contribution in [2.24, 2.45) is 5.14 Å².